The third kappa shape index (κ3) is 2.16. The van der Waals surface area contributed by atoms with Gasteiger partial charge >= 0.3 is 0 Å². The fourth-order valence-electron chi connectivity index (χ4n) is 1.46. The quantitative estimate of drug-likeness (QED) is 0.792. The summed E-state index contributed by atoms with van der Waals surface area (Å²) in [6, 6.07) is 0.576. The second kappa shape index (κ2) is 4.24. The molecule has 1 rings (SSSR count). The molecule has 0 saturated carbocycles. The SMILES string of the molecule is Cc1c(F)cc(C(O)C(C)N)c(C)c1F. The number of rotatable bonds is 2. The molecule has 2 unspecified atom stereocenters. The minimum Gasteiger partial charge on any atom is -0.387 e. The van der Waals surface area contributed by atoms with Gasteiger partial charge in [0.25, 0.3) is 0 Å². The monoisotopic (exact) mass is 215 g/mol. The Kier molecular flexibility index (Phi) is 3.42. The van der Waals surface area contributed by atoms with Gasteiger partial charge in [0, 0.05) is 11.6 Å². The minimum absolute atomic E-state index is 0.0341. The zero-order chi connectivity index (χ0) is 11.7. The number of aliphatic hydroxyl groups excluding tert-OH is 1. The van der Waals surface area contributed by atoms with E-state index >= 15 is 0 Å². The smallest absolute Gasteiger partial charge is 0.132 e. The average Bonchev–Trinajstić information content (AvgIpc) is 2.19. The Bertz CT molecular complexity index is 377. The molecule has 84 valence electrons. The van der Waals surface area contributed by atoms with Crippen LogP contribution in [0, 0.1) is 25.5 Å². The largest absolute Gasteiger partial charge is 0.387 e. The van der Waals surface area contributed by atoms with Crippen molar-refractivity contribution in [2.24, 2.45) is 5.73 Å². The van der Waals surface area contributed by atoms with Gasteiger partial charge in [-0.05, 0) is 38.0 Å². The van der Waals surface area contributed by atoms with Crippen molar-refractivity contribution in [2.45, 2.75) is 32.9 Å². The van der Waals surface area contributed by atoms with Crippen LogP contribution in [-0.4, -0.2) is 11.1 Å². The molecule has 2 nitrogen and oxygen atoms in total. The molecule has 0 bridgehead atoms. The fourth-order valence-corrected chi connectivity index (χ4v) is 1.46. The maximum absolute atomic E-state index is 13.5. The van der Waals surface area contributed by atoms with Gasteiger partial charge in [-0.25, -0.2) is 8.78 Å². The summed E-state index contributed by atoms with van der Waals surface area (Å²) < 4.78 is 26.7. The maximum atomic E-state index is 13.5. The number of hydrogen-bond donors (Lipinski definition) is 2. The van der Waals surface area contributed by atoms with Crippen molar-refractivity contribution in [3.8, 4) is 0 Å². The van der Waals surface area contributed by atoms with Gasteiger partial charge in [0.1, 0.15) is 11.6 Å². The zero-order valence-electron chi connectivity index (χ0n) is 9.01. The van der Waals surface area contributed by atoms with E-state index in [2.05, 4.69) is 0 Å². The molecule has 0 aliphatic carbocycles. The molecule has 4 heteroatoms. The van der Waals surface area contributed by atoms with Crippen LogP contribution in [0.2, 0.25) is 0 Å². The van der Waals surface area contributed by atoms with Gasteiger partial charge in [-0.15, -0.1) is 0 Å². The van der Waals surface area contributed by atoms with E-state index in [4.69, 9.17) is 5.73 Å². The molecule has 0 amide bonds. The van der Waals surface area contributed by atoms with Gasteiger partial charge < -0.3 is 10.8 Å². The van der Waals surface area contributed by atoms with Crippen molar-refractivity contribution in [1.82, 2.24) is 0 Å². The molecular weight excluding hydrogens is 200 g/mol. The van der Waals surface area contributed by atoms with Crippen molar-refractivity contribution in [3.05, 3.63) is 34.4 Å². The van der Waals surface area contributed by atoms with Crippen LogP contribution < -0.4 is 5.73 Å². The second-order valence-electron chi connectivity index (χ2n) is 3.82. The lowest BCUT2D eigenvalue weighted by molar-refractivity contribution is 0.151. The van der Waals surface area contributed by atoms with Gasteiger partial charge in [-0.1, -0.05) is 0 Å². The Morgan fingerprint density at radius 1 is 1.27 bits per heavy atom. The molecule has 0 saturated heterocycles. The van der Waals surface area contributed by atoms with Crippen LogP contribution in [0.15, 0.2) is 6.07 Å². The third-order valence-corrected chi connectivity index (χ3v) is 2.55. The molecule has 1 aromatic rings. The Morgan fingerprint density at radius 2 is 1.80 bits per heavy atom. The predicted molar refractivity (Wildman–Crippen MR) is 54.4 cm³/mol. The van der Waals surface area contributed by atoms with Crippen molar-refractivity contribution in [1.29, 1.82) is 0 Å². The highest BCUT2D eigenvalue weighted by Gasteiger charge is 2.20. The van der Waals surface area contributed by atoms with E-state index in [9.17, 15) is 13.9 Å². The van der Waals surface area contributed by atoms with E-state index in [-0.39, 0.29) is 16.7 Å². The summed E-state index contributed by atoms with van der Waals surface area (Å²) in [5.74, 6) is -1.28. The molecular formula is C11H15F2NO. The summed E-state index contributed by atoms with van der Waals surface area (Å²) in [7, 11) is 0. The Hall–Kier alpha value is -1.00. The molecule has 15 heavy (non-hydrogen) atoms. The number of hydrogen-bond acceptors (Lipinski definition) is 2. The third-order valence-electron chi connectivity index (χ3n) is 2.55. The van der Waals surface area contributed by atoms with E-state index in [0.717, 1.165) is 6.07 Å². The fraction of sp³-hybridized carbons (Fsp3) is 0.455. The highest BCUT2D eigenvalue weighted by molar-refractivity contribution is 5.35. The summed E-state index contributed by atoms with van der Waals surface area (Å²) in [5.41, 5.74) is 5.91. The first-order valence-corrected chi connectivity index (χ1v) is 4.75. The number of nitrogens with two attached hydrogens (primary N) is 1. The van der Waals surface area contributed by atoms with Gasteiger partial charge in [0.05, 0.1) is 6.10 Å². The van der Waals surface area contributed by atoms with Crippen molar-refractivity contribution < 1.29 is 13.9 Å². The highest BCUT2D eigenvalue weighted by Crippen LogP contribution is 2.26. The van der Waals surface area contributed by atoms with Gasteiger partial charge in [-0.2, -0.15) is 0 Å². The molecule has 0 aliphatic rings. The summed E-state index contributed by atoms with van der Waals surface area (Å²) >= 11 is 0. The highest BCUT2D eigenvalue weighted by atomic mass is 19.1. The normalized spacial score (nSPS) is 15.1. The Labute approximate surface area is 87.7 Å². The van der Waals surface area contributed by atoms with Gasteiger partial charge in [0.15, 0.2) is 0 Å². The van der Waals surface area contributed by atoms with Crippen LogP contribution >= 0.6 is 0 Å². The van der Waals surface area contributed by atoms with E-state index in [1.807, 2.05) is 0 Å². The van der Waals surface area contributed by atoms with Crippen molar-refractivity contribution >= 4 is 0 Å². The van der Waals surface area contributed by atoms with Gasteiger partial charge in [0.2, 0.25) is 0 Å². The molecule has 2 atom stereocenters. The number of halogens is 2. The molecule has 0 heterocycles. The lowest BCUT2D eigenvalue weighted by Crippen LogP contribution is -2.25. The van der Waals surface area contributed by atoms with E-state index in [1.165, 1.54) is 13.8 Å². The summed E-state index contributed by atoms with van der Waals surface area (Å²) in [6.45, 7) is 4.45. The second-order valence-corrected chi connectivity index (χ2v) is 3.82. The molecule has 0 radical (unpaired) electrons. The Balaban J connectivity index is 3.32. The van der Waals surface area contributed by atoms with E-state index in [1.54, 1.807) is 6.92 Å². The van der Waals surface area contributed by atoms with Gasteiger partial charge in [-0.3, -0.25) is 0 Å². The lowest BCUT2D eigenvalue weighted by Gasteiger charge is -2.18. The maximum Gasteiger partial charge on any atom is 0.132 e. The van der Waals surface area contributed by atoms with Crippen LogP contribution in [0.1, 0.15) is 29.7 Å². The first kappa shape index (κ1) is 12.1. The first-order chi connectivity index (χ1) is 6.86. The Morgan fingerprint density at radius 3 is 2.27 bits per heavy atom. The first-order valence-electron chi connectivity index (χ1n) is 4.75. The molecule has 0 aromatic heterocycles. The van der Waals surface area contributed by atoms with Crippen LogP contribution in [0.3, 0.4) is 0 Å². The summed E-state index contributed by atoms with van der Waals surface area (Å²) in [4.78, 5) is 0. The topological polar surface area (TPSA) is 46.2 Å². The van der Waals surface area contributed by atoms with Crippen LogP contribution in [0.25, 0.3) is 0 Å². The predicted octanol–water partition coefficient (Wildman–Crippen LogP) is 1.96. The van der Waals surface area contributed by atoms with Crippen molar-refractivity contribution in [3.63, 3.8) is 0 Å². The summed E-state index contributed by atoms with van der Waals surface area (Å²) in [5, 5.41) is 9.66. The van der Waals surface area contributed by atoms with Crippen LogP contribution in [0.5, 0.6) is 0 Å². The molecule has 0 fully saturated rings. The molecule has 3 N–H and O–H groups in total. The van der Waals surface area contributed by atoms with Crippen molar-refractivity contribution in [2.75, 3.05) is 0 Å². The zero-order valence-corrected chi connectivity index (χ0v) is 9.01. The molecule has 0 spiro atoms. The van der Waals surface area contributed by atoms with E-state index < -0.39 is 23.8 Å². The van der Waals surface area contributed by atoms with Crippen LogP contribution in [-0.2, 0) is 0 Å². The summed E-state index contributed by atoms with van der Waals surface area (Å²) in [6.07, 6.45) is -1.05. The molecule has 1 aromatic carbocycles. The number of aliphatic hydroxyl groups is 1. The molecule has 0 aliphatic heterocycles. The number of benzene rings is 1. The minimum atomic E-state index is -1.05. The average molecular weight is 215 g/mol. The van der Waals surface area contributed by atoms with E-state index in [0.29, 0.717) is 0 Å². The lowest BCUT2D eigenvalue weighted by atomic mass is 9.96. The van der Waals surface area contributed by atoms with Crippen LogP contribution in [0.4, 0.5) is 8.78 Å². The standard InChI is InChI=1S/C11H15F2NO/c1-5-8(11(15)7(3)14)4-9(12)6(2)10(5)13/h4,7,11,15H,14H2,1-3H3.